The van der Waals surface area contributed by atoms with Crippen LogP contribution in [0.4, 0.5) is 22.0 Å². The first kappa shape index (κ1) is 14.5. The SMILES string of the molecule is CC(C)(C)Oc1ccc(C(F)=C(F)F)c(F)c1F. The highest BCUT2D eigenvalue weighted by molar-refractivity contribution is 5.61. The highest BCUT2D eigenvalue weighted by atomic mass is 19.3. The molecule has 0 saturated carbocycles. The van der Waals surface area contributed by atoms with Gasteiger partial charge < -0.3 is 4.74 Å². The first-order valence-electron chi connectivity index (χ1n) is 5.01. The van der Waals surface area contributed by atoms with Crippen LogP contribution in [0, 0.1) is 11.6 Å². The summed E-state index contributed by atoms with van der Waals surface area (Å²) in [6, 6.07) is 1.61. The third kappa shape index (κ3) is 3.21. The Hall–Kier alpha value is -1.59. The Morgan fingerprint density at radius 2 is 1.56 bits per heavy atom. The third-order valence-electron chi connectivity index (χ3n) is 1.87. The van der Waals surface area contributed by atoms with Crippen LogP contribution in [-0.4, -0.2) is 5.60 Å². The normalized spacial score (nSPS) is 11.3. The van der Waals surface area contributed by atoms with Crippen LogP contribution in [0.25, 0.3) is 5.83 Å². The van der Waals surface area contributed by atoms with Gasteiger partial charge in [-0.05, 0) is 32.9 Å². The van der Waals surface area contributed by atoms with Crippen LogP contribution in [0.3, 0.4) is 0 Å². The van der Waals surface area contributed by atoms with Crippen molar-refractivity contribution in [3.63, 3.8) is 0 Å². The molecular formula is C12H11F5O. The van der Waals surface area contributed by atoms with E-state index in [1.54, 1.807) is 20.8 Å². The largest absolute Gasteiger partial charge is 0.485 e. The van der Waals surface area contributed by atoms with Crippen molar-refractivity contribution in [2.75, 3.05) is 0 Å². The maximum absolute atomic E-state index is 13.5. The van der Waals surface area contributed by atoms with E-state index in [4.69, 9.17) is 4.74 Å². The number of halogens is 5. The van der Waals surface area contributed by atoms with Crippen LogP contribution in [0.1, 0.15) is 26.3 Å². The molecule has 6 heteroatoms. The molecule has 0 unspecified atom stereocenters. The van der Waals surface area contributed by atoms with E-state index in [9.17, 15) is 22.0 Å². The summed E-state index contributed by atoms with van der Waals surface area (Å²) in [6.07, 6.45) is -2.71. The first-order chi connectivity index (χ1) is 8.13. The van der Waals surface area contributed by atoms with E-state index in [0.29, 0.717) is 6.07 Å². The molecule has 0 N–H and O–H groups in total. The first-order valence-corrected chi connectivity index (χ1v) is 5.01. The summed E-state index contributed by atoms with van der Waals surface area (Å²) in [5.41, 5.74) is -1.93. The topological polar surface area (TPSA) is 9.23 Å². The number of hydrogen-bond acceptors (Lipinski definition) is 1. The van der Waals surface area contributed by atoms with E-state index >= 15 is 0 Å². The van der Waals surface area contributed by atoms with Crippen LogP contribution < -0.4 is 4.74 Å². The van der Waals surface area contributed by atoms with Gasteiger partial charge in [0.1, 0.15) is 5.60 Å². The Morgan fingerprint density at radius 3 is 2.00 bits per heavy atom. The van der Waals surface area contributed by atoms with Crippen molar-refractivity contribution < 1.29 is 26.7 Å². The minimum Gasteiger partial charge on any atom is -0.485 e. The van der Waals surface area contributed by atoms with Gasteiger partial charge in [-0.1, -0.05) is 0 Å². The highest BCUT2D eigenvalue weighted by Gasteiger charge is 2.22. The van der Waals surface area contributed by atoms with Crippen LogP contribution in [-0.2, 0) is 0 Å². The number of benzene rings is 1. The Bertz CT molecular complexity index is 484. The molecule has 0 atom stereocenters. The molecule has 1 rings (SSSR count). The Kier molecular flexibility index (Phi) is 3.98. The van der Waals surface area contributed by atoms with Crippen molar-refractivity contribution >= 4 is 5.83 Å². The van der Waals surface area contributed by atoms with E-state index in [2.05, 4.69) is 0 Å². The lowest BCUT2D eigenvalue weighted by Crippen LogP contribution is -2.23. The second kappa shape index (κ2) is 4.96. The van der Waals surface area contributed by atoms with E-state index in [1.165, 1.54) is 0 Å². The predicted octanol–water partition coefficient (Wildman–Crippen LogP) is 4.68. The van der Waals surface area contributed by atoms with Crippen molar-refractivity contribution in [1.82, 2.24) is 0 Å². The minimum atomic E-state index is -2.71. The van der Waals surface area contributed by atoms with Gasteiger partial charge in [-0.2, -0.15) is 13.2 Å². The maximum atomic E-state index is 13.5. The van der Waals surface area contributed by atoms with Gasteiger partial charge in [-0.3, -0.25) is 0 Å². The molecule has 100 valence electrons. The molecule has 0 radical (unpaired) electrons. The summed E-state index contributed by atoms with van der Waals surface area (Å²) < 4.78 is 68.7. The summed E-state index contributed by atoms with van der Waals surface area (Å²) in [5.74, 6) is -5.76. The van der Waals surface area contributed by atoms with Crippen molar-refractivity contribution in [1.29, 1.82) is 0 Å². The lowest BCUT2D eigenvalue weighted by atomic mass is 10.1. The predicted molar refractivity (Wildman–Crippen MR) is 57.0 cm³/mol. The number of rotatable bonds is 2. The van der Waals surface area contributed by atoms with Gasteiger partial charge >= 0.3 is 6.08 Å². The molecule has 0 aliphatic carbocycles. The number of hydrogen-bond donors (Lipinski definition) is 0. The van der Waals surface area contributed by atoms with Gasteiger partial charge in [0.15, 0.2) is 17.4 Å². The van der Waals surface area contributed by atoms with Crippen molar-refractivity contribution in [2.45, 2.75) is 26.4 Å². The smallest absolute Gasteiger partial charge is 0.306 e. The molecular weight excluding hydrogens is 255 g/mol. The molecule has 0 spiro atoms. The zero-order chi connectivity index (χ0) is 14.1. The number of ether oxygens (including phenoxy) is 1. The van der Waals surface area contributed by atoms with Gasteiger partial charge in [0, 0.05) is 0 Å². The fourth-order valence-electron chi connectivity index (χ4n) is 1.21. The lowest BCUT2D eigenvalue weighted by Gasteiger charge is -2.21. The van der Waals surface area contributed by atoms with E-state index in [1.807, 2.05) is 0 Å². The summed E-state index contributed by atoms with van der Waals surface area (Å²) in [4.78, 5) is 0. The minimum absolute atomic E-state index is 0.462. The second-order valence-electron chi connectivity index (χ2n) is 4.53. The molecule has 0 aromatic heterocycles. The molecule has 18 heavy (non-hydrogen) atoms. The molecule has 1 nitrogen and oxygen atoms in total. The summed E-state index contributed by atoms with van der Waals surface area (Å²) >= 11 is 0. The van der Waals surface area contributed by atoms with Crippen molar-refractivity contribution in [3.05, 3.63) is 35.4 Å². The van der Waals surface area contributed by atoms with Gasteiger partial charge in [0.25, 0.3) is 0 Å². The fraction of sp³-hybridized carbons (Fsp3) is 0.333. The Labute approximate surface area is 101 Å². The van der Waals surface area contributed by atoms with Gasteiger partial charge in [-0.25, -0.2) is 8.78 Å². The van der Waals surface area contributed by atoms with E-state index in [-0.39, 0.29) is 0 Å². The molecule has 0 amide bonds. The summed E-state index contributed by atoms with van der Waals surface area (Å²) in [7, 11) is 0. The lowest BCUT2D eigenvalue weighted by molar-refractivity contribution is 0.123. The van der Waals surface area contributed by atoms with Crippen LogP contribution in [0.5, 0.6) is 5.75 Å². The zero-order valence-corrected chi connectivity index (χ0v) is 9.95. The Balaban J connectivity index is 3.26. The van der Waals surface area contributed by atoms with E-state index in [0.717, 1.165) is 6.07 Å². The molecule has 1 aromatic carbocycles. The second-order valence-corrected chi connectivity index (χ2v) is 4.53. The molecule has 1 aromatic rings. The standard InChI is InChI=1S/C12H11F5O/c1-12(2,3)18-7-5-4-6(8(13)10(7)15)9(14)11(16)17/h4-5H,1-3H3. The average molecular weight is 266 g/mol. The van der Waals surface area contributed by atoms with Crippen LogP contribution in [0.2, 0.25) is 0 Å². The molecule has 0 aliphatic heterocycles. The third-order valence-corrected chi connectivity index (χ3v) is 1.87. The zero-order valence-electron chi connectivity index (χ0n) is 9.95. The molecule has 0 heterocycles. The highest BCUT2D eigenvalue weighted by Crippen LogP contribution is 2.31. The van der Waals surface area contributed by atoms with Gasteiger partial charge in [0.2, 0.25) is 5.82 Å². The molecule has 0 saturated heterocycles. The molecule has 0 aliphatic rings. The fourth-order valence-corrected chi connectivity index (χ4v) is 1.21. The van der Waals surface area contributed by atoms with Gasteiger partial charge in [0.05, 0.1) is 5.56 Å². The monoisotopic (exact) mass is 266 g/mol. The van der Waals surface area contributed by atoms with Crippen LogP contribution in [0.15, 0.2) is 18.2 Å². The summed E-state index contributed by atoms with van der Waals surface area (Å²) in [5, 5.41) is 0. The van der Waals surface area contributed by atoms with Gasteiger partial charge in [-0.15, -0.1) is 0 Å². The van der Waals surface area contributed by atoms with Crippen molar-refractivity contribution in [3.8, 4) is 5.75 Å². The molecule has 0 fully saturated rings. The quantitative estimate of drug-likeness (QED) is 0.706. The summed E-state index contributed by atoms with van der Waals surface area (Å²) in [6.45, 7) is 4.79. The molecule has 0 bridgehead atoms. The maximum Gasteiger partial charge on any atom is 0.306 e. The Morgan fingerprint density at radius 1 is 1.00 bits per heavy atom. The van der Waals surface area contributed by atoms with Crippen molar-refractivity contribution in [2.24, 2.45) is 0 Å². The van der Waals surface area contributed by atoms with Crippen LogP contribution >= 0.6 is 0 Å². The average Bonchev–Trinajstić information content (AvgIpc) is 2.22. The van der Waals surface area contributed by atoms with E-state index < -0.39 is 40.5 Å².